The van der Waals surface area contributed by atoms with Crippen LogP contribution in [0.1, 0.15) is 42.6 Å². The Morgan fingerprint density at radius 2 is 2.21 bits per heavy atom. The van der Waals surface area contributed by atoms with E-state index in [9.17, 15) is 9.59 Å². The zero-order chi connectivity index (χ0) is 16.9. The number of amides is 1. The molecule has 0 radical (unpaired) electrons. The largest absolute Gasteiger partial charge is 0.481 e. The predicted octanol–water partition coefficient (Wildman–Crippen LogP) is 2.46. The van der Waals surface area contributed by atoms with Crippen molar-refractivity contribution in [2.75, 3.05) is 6.54 Å². The van der Waals surface area contributed by atoms with Gasteiger partial charge >= 0.3 is 5.97 Å². The van der Waals surface area contributed by atoms with Crippen LogP contribution in [0.4, 0.5) is 0 Å². The minimum absolute atomic E-state index is 0.0241. The molecule has 3 heterocycles. The fourth-order valence-corrected chi connectivity index (χ4v) is 3.66. The van der Waals surface area contributed by atoms with E-state index in [1.54, 1.807) is 28.9 Å². The highest BCUT2D eigenvalue weighted by Crippen LogP contribution is 2.26. The van der Waals surface area contributed by atoms with E-state index in [1.807, 2.05) is 0 Å². The molecule has 1 atom stereocenters. The van der Waals surface area contributed by atoms with E-state index in [2.05, 4.69) is 15.0 Å². The van der Waals surface area contributed by atoms with Crippen molar-refractivity contribution in [3.8, 4) is 10.7 Å². The lowest BCUT2D eigenvalue weighted by molar-refractivity contribution is -0.137. The second-order valence-corrected chi connectivity index (χ2v) is 6.57. The van der Waals surface area contributed by atoms with E-state index in [0.717, 1.165) is 19.3 Å². The Hall–Kier alpha value is -2.35. The van der Waals surface area contributed by atoms with E-state index in [0.29, 0.717) is 29.4 Å². The molecule has 1 amide bonds. The van der Waals surface area contributed by atoms with Gasteiger partial charge in [-0.3, -0.25) is 19.6 Å². The number of aromatic nitrogens is 3. The van der Waals surface area contributed by atoms with Crippen LogP contribution in [0, 0.1) is 0 Å². The minimum atomic E-state index is -0.827. The molecule has 24 heavy (non-hydrogen) atoms. The molecule has 0 bridgehead atoms. The number of carbonyl (C=O) groups excluding carboxylic acids is 1. The number of likely N-dealkylation sites (tertiary alicyclic amines) is 1. The first-order valence-corrected chi connectivity index (χ1v) is 8.78. The van der Waals surface area contributed by atoms with Crippen LogP contribution in [-0.4, -0.2) is 49.4 Å². The Labute approximate surface area is 143 Å². The summed E-state index contributed by atoms with van der Waals surface area (Å²) >= 11 is 1.36. The quantitative estimate of drug-likeness (QED) is 0.893. The maximum atomic E-state index is 12.8. The molecular weight excluding hydrogens is 328 g/mol. The monoisotopic (exact) mass is 346 g/mol. The molecule has 1 saturated heterocycles. The number of rotatable bonds is 5. The van der Waals surface area contributed by atoms with Crippen molar-refractivity contribution in [2.24, 2.45) is 0 Å². The Morgan fingerprint density at radius 1 is 1.33 bits per heavy atom. The molecule has 2 aromatic heterocycles. The van der Waals surface area contributed by atoms with Crippen molar-refractivity contribution in [1.82, 2.24) is 19.9 Å². The van der Waals surface area contributed by atoms with Gasteiger partial charge in [0.25, 0.3) is 5.91 Å². The molecule has 0 aliphatic carbocycles. The van der Waals surface area contributed by atoms with Crippen LogP contribution in [-0.2, 0) is 4.79 Å². The van der Waals surface area contributed by atoms with Crippen molar-refractivity contribution in [2.45, 2.75) is 38.1 Å². The third-order valence-electron chi connectivity index (χ3n) is 4.09. The third kappa shape index (κ3) is 3.76. The van der Waals surface area contributed by atoms with Gasteiger partial charge in [-0.25, -0.2) is 4.98 Å². The van der Waals surface area contributed by atoms with Crippen molar-refractivity contribution in [1.29, 1.82) is 0 Å². The molecule has 1 fully saturated rings. The standard InChI is InChI=1S/C16H18N4O3S/c21-14(22)5-4-11-3-1-2-8-20(11)16(23)13-10-24-15(19-13)12-9-17-6-7-18-12/h6-7,9-11H,1-5,8H2,(H,21,22). The fraction of sp³-hybridized carbons (Fsp3) is 0.438. The first-order chi connectivity index (χ1) is 11.6. The number of nitrogens with zero attached hydrogens (tertiary/aromatic N) is 4. The Kier molecular flexibility index (Phi) is 5.14. The van der Waals surface area contributed by atoms with Gasteiger partial charge in [0.15, 0.2) is 0 Å². The second-order valence-electron chi connectivity index (χ2n) is 5.71. The molecule has 1 aliphatic heterocycles. The molecule has 0 saturated carbocycles. The summed E-state index contributed by atoms with van der Waals surface area (Å²) in [6.07, 6.45) is 8.17. The smallest absolute Gasteiger partial charge is 0.303 e. The number of piperidine rings is 1. The summed E-state index contributed by atoms with van der Waals surface area (Å²) in [5.41, 5.74) is 1.03. The molecule has 7 nitrogen and oxygen atoms in total. The molecule has 1 aliphatic rings. The van der Waals surface area contributed by atoms with Gasteiger partial charge in [-0.2, -0.15) is 0 Å². The van der Waals surface area contributed by atoms with Crippen LogP contribution in [0.3, 0.4) is 0 Å². The van der Waals surface area contributed by atoms with Crippen molar-refractivity contribution >= 4 is 23.2 Å². The lowest BCUT2D eigenvalue weighted by Crippen LogP contribution is -2.44. The minimum Gasteiger partial charge on any atom is -0.481 e. The summed E-state index contributed by atoms with van der Waals surface area (Å²) in [6, 6.07) is -0.0241. The van der Waals surface area contributed by atoms with E-state index < -0.39 is 5.97 Å². The van der Waals surface area contributed by atoms with E-state index >= 15 is 0 Å². The van der Waals surface area contributed by atoms with Gasteiger partial charge in [0.2, 0.25) is 0 Å². The number of hydrogen-bond acceptors (Lipinski definition) is 6. The maximum absolute atomic E-state index is 12.8. The molecule has 1 N–H and O–H groups in total. The Bertz CT molecular complexity index is 719. The molecule has 0 aromatic carbocycles. The van der Waals surface area contributed by atoms with Gasteiger partial charge in [0.05, 0.1) is 6.20 Å². The number of carboxylic acid groups (broad SMARTS) is 1. The Balaban J connectivity index is 1.74. The van der Waals surface area contributed by atoms with Gasteiger partial charge in [0, 0.05) is 36.8 Å². The number of aliphatic carboxylic acids is 1. The molecule has 3 rings (SSSR count). The summed E-state index contributed by atoms with van der Waals surface area (Å²) in [5.74, 6) is -0.956. The van der Waals surface area contributed by atoms with Crippen molar-refractivity contribution < 1.29 is 14.7 Å². The summed E-state index contributed by atoms with van der Waals surface area (Å²) in [6.45, 7) is 0.654. The summed E-state index contributed by atoms with van der Waals surface area (Å²) in [7, 11) is 0. The van der Waals surface area contributed by atoms with Gasteiger partial charge in [-0.05, 0) is 25.7 Å². The normalized spacial score (nSPS) is 17.7. The van der Waals surface area contributed by atoms with Gasteiger partial charge in [0.1, 0.15) is 16.4 Å². The lowest BCUT2D eigenvalue weighted by Gasteiger charge is -2.35. The molecular formula is C16H18N4O3S. The molecule has 2 aromatic rings. The highest BCUT2D eigenvalue weighted by Gasteiger charge is 2.29. The SMILES string of the molecule is O=C(O)CCC1CCCCN1C(=O)c1csc(-c2cnccn2)n1. The zero-order valence-electron chi connectivity index (χ0n) is 13.1. The van der Waals surface area contributed by atoms with Crippen LogP contribution in [0.15, 0.2) is 24.0 Å². The van der Waals surface area contributed by atoms with E-state index in [1.165, 1.54) is 11.3 Å². The topological polar surface area (TPSA) is 96.3 Å². The van der Waals surface area contributed by atoms with Crippen LogP contribution in [0.5, 0.6) is 0 Å². The Morgan fingerprint density at radius 3 is 2.96 bits per heavy atom. The van der Waals surface area contributed by atoms with Crippen LogP contribution < -0.4 is 0 Å². The molecule has 126 valence electrons. The molecule has 0 spiro atoms. The van der Waals surface area contributed by atoms with E-state index in [4.69, 9.17) is 5.11 Å². The zero-order valence-corrected chi connectivity index (χ0v) is 13.9. The number of carboxylic acids is 1. The number of hydrogen-bond donors (Lipinski definition) is 1. The van der Waals surface area contributed by atoms with Crippen LogP contribution in [0.2, 0.25) is 0 Å². The first kappa shape index (κ1) is 16.5. The van der Waals surface area contributed by atoms with E-state index in [-0.39, 0.29) is 18.4 Å². The second kappa shape index (κ2) is 7.48. The van der Waals surface area contributed by atoms with Gasteiger partial charge in [-0.1, -0.05) is 0 Å². The van der Waals surface area contributed by atoms with Gasteiger partial charge in [-0.15, -0.1) is 11.3 Å². The number of thiazole rings is 1. The molecule has 8 heteroatoms. The maximum Gasteiger partial charge on any atom is 0.303 e. The summed E-state index contributed by atoms with van der Waals surface area (Å²) in [5, 5.41) is 11.3. The van der Waals surface area contributed by atoms with Crippen molar-refractivity contribution in [3.05, 3.63) is 29.7 Å². The summed E-state index contributed by atoms with van der Waals surface area (Å²) in [4.78, 5) is 38.0. The average molecular weight is 346 g/mol. The lowest BCUT2D eigenvalue weighted by atomic mass is 9.97. The highest BCUT2D eigenvalue weighted by atomic mass is 32.1. The molecule has 1 unspecified atom stereocenters. The third-order valence-corrected chi connectivity index (χ3v) is 4.95. The van der Waals surface area contributed by atoms with Crippen molar-refractivity contribution in [3.63, 3.8) is 0 Å². The fourth-order valence-electron chi connectivity index (χ4n) is 2.90. The van der Waals surface area contributed by atoms with Gasteiger partial charge < -0.3 is 10.0 Å². The number of carbonyl (C=O) groups is 2. The highest BCUT2D eigenvalue weighted by molar-refractivity contribution is 7.13. The van der Waals surface area contributed by atoms with Crippen LogP contribution >= 0.6 is 11.3 Å². The predicted molar refractivity (Wildman–Crippen MR) is 88.7 cm³/mol. The first-order valence-electron chi connectivity index (χ1n) is 7.90. The average Bonchev–Trinajstić information content (AvgIpc) is 3.10. The van der Waals surface area contributed by atoms with Crippen LogP contribution in [0.25, 0.3) is 10.7 Å². The summed E-state index contributed by atoms with van der Waals surface area (Å²) < 4.78 is 0.